The number of hydrogen-bond acceptors (Lipinski definition) is 12. The van der Waals surface area contributed by atoms with E-state index in [2.05, 4.69) is 16.0 Å². The highest BCUT2D eigenvalue weighted by Gasteiger charge is 2.34. The van der Waals surface area contributed by atoms with Crippen LogP contribution in [-0.2, 0) is 58.4 Å². The van der Waals surface area contributed by atoms with E-state index in [4.69, 9.17) is 19.1 Å². The van der Waals surface area contributed by atoms with E-state index in [1.54, 1.807) is 34.6 Å². The fourth-order valence-corrected chi connectivity index (χ4v) is 7.27. The number of carbonyl (C=O) groups is 6. The van der Waals surface area contributed by atoms with Crippen molar-refractivity contribution in [1.29, 1.82) is 0 Å². The second-order valence-electron chi connectivity index (χ2n) is 13.2. The van der Waals surface area contributed by atoms with Crippen LogP contribution in [0.15, 0.2) is 0 Å². The molecule has 2 unspecified atom stereocenters. The summed E-state index contributed by atoms with van der Waals surface area (Å²) >= 11 is 0. The molecule has 290 valence electrons. The van der Waals surface area contributed by atoms with Crippen LogP contribution in [-0.4, -0.2) is 124 Å². The molecule has 0 saturated carbocycles. The second kappa shape index (κ2) is 21.7. The van der Waals surface area contributed by atoms with Gasteiger partial charge in [0.2, 0.25) is 33.7 Å². The van der Waals surface area contributed by atoms with Crippen molar-refractivity contribution >= 4 is 55.7 Å². The zero-order chi connectivity index (χ0) is 38.8. The lowest BCUT2D eigenvalue weighted by atomic mass is 9.74. The summed E-state index contributed by atoms with van der Waals surface area (Å²) in [6.45, 7) is 7.78. The Hall–Kier alpha value is -3.40. The highest BCUT2D eigenvalue weighted by molar-refractivity contribution is 7.90. The number of carbonyl (C=O) groups excluding carboxylic acids is 4. The maximum atomic E-state index is 12.4. The Morgan fingerprint density at radius 1 is 0.740 bits per heavy atom. The predicted molar refractivity (Wildman–Crippen MR) is 178 cm³/mol. The fourth-order valence-electron chi connectivity index (χ4n) is 5.13. The molecule has 50 heavy (non-hydrogen) atoms. The number of nitrogens with one attached hydrogen (secondary N) is 4. The molecule has 0 fully saturated rings. The van der Waals surface area contributed by atoms with Crippen LogP contribution in [0, 0.1) is 10.8 Å². The Morgan fingerprint density at radius 3 is 1.88 bits per heavy atom. The molecule has 0 radical (unpaired) electrons. The molecular weight excluding hydrogens is 708 g/mol. The van der Waals surface area contributed by atoms with Gasteiger partial charge in [-0.25, -0.2) is 18.0 Å². The highest BCUT2D eigenvalue weighted by atomic mass is 32.2. The average molecular weight is 761 g/mol. The Labute approximate surface area is 292 Å². The highest BCUT2D eigenvalue weighted by Crippen LogP contribution is 2.37. The Kier molecular flexibility index (Phi) is 20.3. The van der Waals surface area contributed by atoms with Crippen molar-refractivity contribution in [2.75, 3.05) is 44.5 Å². The van der Waals surface area contributed by atoms with Crippen LogP contribution in [0.2, 0.25) is 0 Å². The summed E-state index contributed by atoms with van der Waals surface area (Å²) in [6, 6.07) is -2.50. The molecule has 19 nitrogen and oxygen atoms in total. The van der Waals surface area contributed by atoms with Crippen LogP contribution in [0.25, 0.3) is 0 Å². The molecular formula is C29H52N4O15S2. The lowest BCUT2D eigenvalue weighted by molar-refractivity contribution is -0.144. The number of amides is 4. The van der Waals surface area contributed by atoms with Gasteiger partial charge in [-0.3, -0.25) is 28.5 Å². The minimum absolute atomic E-state index is 0.0284. The van der Waals surface area contributed by atoms with Crippen LogP contribution >= 0.6 is 0 Å². The SMILES string of the molecule is CCC(NC(=O)CCC(NC(=O)COCCOCCNC(=O)CCCS(=O)(=O)NC(=O)CC(C)(C)CC(C)(C)CS(=O)(=O)O)C(=O)O)C(=O)O. The molecule has 0 saturated heterocycles. The zero-order valence-corrected chi connectivity index (χ0v) is 30.7. The van der Waals surface area contributed by atoms with Crippen LogP contribution < -0.4 is 20.7 Å². The third-order valence-corrected chi connectivity index (χ3v) is 9.28. The van der Waals surface area contributed by atoms with Gasteiger partial charge < -0.3 is 35.6 Å². The maximum Gasteiger partial charge on any atom is 0.326 e. The minimum atomic E-state index is -4.24. The Balaban J connectivity index is 4.24. The number of ether oxygens (including phenoxy) is 2. The Morgan fingerprint density at radius 2 is 1.32 bits per heavy atom. The van der Waals surface area contributed by atoms with Crippen molar-refractivity contribution in [1.82, 2.24) is 20.7 Å². The average Bonchev–Trinajstić information content (AvgIpc) is 2.91. The van der Waals surface area contributed by atoms with E-state index >= 15 is 0 Å². The first kappa shape index (κ1) is 46.6. The molecule has 0 rings (SSSR count). The van der Waals surface area contributed by atoms with Crippen molar-refractivity contribution < 1.29 is 69.8 Å². The number of carboxylic acids is 2. The number of carboxylic acid groups (broad SMARTS) is 2. The third-order valence-electron chi connectivity index (χ3n) is 6.76. The van der Waals surface area contributed by atoms with Crippen molar-refractivity contribution in [2.45, 2.75) is 91.6 Å². The fraction of sp³-hybridized carbons (Fsp3) is 0.793. The van der Waals surface area contributed by atoms with Gasteiger partial charge in [0, 0.05) is 25.8 Å². The molecule has 21 heteroatoms. The molecule has 0 aliphatic rings. The normalized spacial score (nSPS) is 13.5. The minimum Gasteiger partial charge on any atom is -0.480 e. The monoisotopic (exact) mass is 760 g/mol. The van der Waals surface area contributed by atoms with Crippen molar-refractivity contribution in [3.63, 3.8) is 0 Å². The molecule has 0 spiro atoms. The standard InChI is InChI=1S/C29H52N4O15S2/c1-6-20(26(38)39)31-23(35)10-9-21(27(40)41)32-25(37)17-48-14-13-47-12-11-30-22(34)8-7-15-49(42,43)33-24(36)16-28(2,3)18-29(4,5)19-50(44,45)46/h20-21H,6-19H2,1-5H3,(H,30,34)(H,31,35)(H,32,37)(H,33,36)(H,38,39)(H,40,41)(H,44,45,46). The van der Waals surface area contributed by atoms with Crippen LogP contribution in [0.5, 0.6) is 0 Å². The number of sulfonamides is 1. The molecule has 0 bridgehead atoms. The third kappa shape index (κ3) is 23.9. The van der Waals surface area contributed by atoms with Gasteiger partial charge in [0.1, 0.15) is 18.7 Å². The van der Waals surface area contributed by atoms with E-state index in [9.17, 15) is 50.7 Å². The largest absolute Gasteiger partial charge is 0.480 e. The van der Waals surface area contributed by atoms with Crippen LogP contribution in [0.4, 0.5) is 0 Å². The summed E-state index contributed by atoms with van der Waals surface area (Å²) in [5.74, 6) is -6.28. The smallest absolute Gasteiger partial charge is 0.326 e. The molecule has 0 aliphatic carbocycles. The van der Waals surface area contributed by atoms with Gasteiger partial charge >= 0.3 is 11.9 Å². The zero-order valence-electron chi connectivity index (χ0n) is 29.1. The quantitative estimate of drug-likeness (QED) is 0.0407. The molecule has 0 aromatic heterocycles. The molecule has 0 aromatic rings. The molecule has 0 heterocycles. The maximum absolute atomic E-state index is 12.4. The molecule has 0 aromatic carbocycles. The van der Waals surface area contributed by atoms with Crippen LogP contribution in [0.3, 0.4) is 0 Å². The van der Waals surface area contributed by atoms with Gasteiger partial charge in [-0.05, 0) is 36.5 Å². The summed E-state index contributed by atoms with van der Waals surface area (Å²) in [7, 11) is -8.28. The van der Waals surface area contributed by atoms with E-state index in [1.807, 2.05) is 4.72 Å². The first-order chi connectivity index (χ1) is 22.9. The van der Waals surface area contributed by atoms with Crippen molar-refractivity contribution in [3.8, 4) is 0 Å². The second-order valence-corrected chi connectivity index (χ2v) is 16.5. The van der Waals surface area contributed by atoms with E-state index in [0.29, 0.717) is 0 Å². The van der Waals surface area contributed by atoms with Gasteiger partial charge in [-0.2, -0.15) is 8.42 Å². The van der Waals surface area contributed by atoms with Crippen molar-refractivity contribution in [2.24, 2.45) is 10.8 Å². The molecule has 2 atom stereocenters. The number of aliphatic carboxylic acids is 2. The summed E-state index contributed by atoms with van der Waals surface area (Å²) in [4.78, 5) is 70.7. The first-order valence-corrected chi connectivity index (χ1v) is 19.1. The summed E-state index contributed by atoms with van der Waals surface area (Å²) in [6.07, 6.45) is -0.682. The van der Waals surface area contributed by atoms with Gasteiger partial charge in [0.15, 0.2) is 0 Å². The van der Waals surface area contributed by atoms with Crippen LogP contribution in [0.1, 0.15) is 79.6 Å². The van der Waals surface area contributed by atoms with Crippen molar-refractivity contribution in [3.05, 3.63) is 0 Å². The lowest BCUT2D eigenvalue weighted by Crippen LogP contribution is -2.44. The van der Waals surface area contributed by atoms with E-state index in [-0.39, 0.29) is 71.3 Å². The van der Waals surface area contributed by atoms with E-state index in [1.165, 1.54) is 0 Å². The summed E-state index contributed by atoms with van der Waals surface area (Å²) < 4.78 is 68.6. The van der Waals surface area contributed by atoms with Gasteiger partial charge in [-0.15, -0.1) is 0 Å². The van der Waals surface area contributed by atoms with E-state index in [0.717, 1.165) is 0 Å². The van der Waals surface area contributed by atoms with Gasteiger partial charge in [0.05, 0.1) is 31.3 Å². The molecule has 7 N–H and O–H groups in total. The molecule has 4 amide bonds. The number of hydrogen-bond donors (Lipinski definition) is 7. The number of rotatable bonds is 27. The lowest BCUT2D eigenvalue weighted by Gasteiger charge is -2.33. The summed E-state index contributed by atoms with van der Waals surface area (Å²) in [5, 5.41) is 25.3. The Bertz CT molecular complexity index is 1380. The summed E-state index contributed by atoms with van der Waals surface area (Å²) in [5.41, 5.74) is -1.65. The van der Waals surface area contributed by atoms with E-state index < -0.39 is 96.7 Å². The van der Waals surface area contributed by atoms with Gasteiger partial charge in [-0.1, -0.05) is 34.6 Å². The molecule has 0 aliphatic heterocycles. The predicted octanol–water partition coefficient (Wildman–Crippen LogP) is -0.589. The first-order valence-electron chi connectivity index (χ1n) is 15.8. The topological polar surface area (TPSA) is 298 Å². The van der Waals surface area contributed by atoms with Gasteiger partial charge in [0.25, 0.3) is 10.1 Å².